The smallest absolute Gasteiger partial charge is 0.260 e. The van der Waals surface area contributed by atoms with Gasteiger partial charge in [0.15, 0.2) is 0 Å². The lowest BCUT2D eigenvalue weighted by atomic mass is 10.2. The van der Waals surface area contributed by atoms with Crippen molar-refractivity contribution in [2.24, 2.45) is 0 Å². The third-order valence-electron chi connectivity index (χ3n) is 3.82. The molecule has 0 aliphatic rings. The van der Waals surface area contributed by atoms with E-state index in [1.165, 1.54) is 0 Å². The van der Waals surface area contributed by atoms with Gasteiger partial charge in [-0.05, 0) is 36.8 Å². The highest BCUT2D eigenvalue weighted by Crippen LogP contribution is 2.23. The molecule has 0 spiro atoms. The first-order valence-electron chi connectivity index (χ1n) is 7.80. The lowest BCUT2D eigenvalue weighted by Crippen LogP contribution is -2.13. The van der Waals surface area contributed by atoms with E-state index in [0.29, 0.717) is 28.6 Å². The van der Waals surface area contributed by atoms with Gasteiger partial charge in [-0.25, -0.2) is 4.68 Å². The fraction of sp³-hybridized carbons (Fsp3) is 0.158. The van der Waals surface area contributed by atoms with Crippen LogP contribution in [-0.4, -0.2) is 22.8 Å². The summed E-state index contributed by atoms with van der Waals surface area (Å²) in [5.74, 6) is 0.440. The summed E-state index contributed by atoms with van der Waals surface area (Å²) in [6, 6.07) is 16.9. The average molecular weight is 356 g/mol. The summed E-state index contributed by atoms with van der Waals surface area (Å²) in [6.45, 7) is 2.28. The van der Waals surface area contributed by atoms with E-state index in [-0.39, 0.29) is 5.91 Å². The van der Waals surface area contributed by atoms with Gasteiger partial charge in [-0.3, -0.25) is 4.79 Å². The van der Waals surface area contributed by atoms with Crippen molar-refractivity contribution in [2.45, 2.75) is 13.5 Å². The number of benzene rings is 2. The third kappa shape index (κ3) is 3.83. The standard InChI is InChI=1S/C19H18ClN3O2/c1-13-17(19(24)21-15-8-10-16(25-2)11-9-15)18(20)23(22-13)12-14-6-4-3-5-7-14/h3-11H,12H2,1-2H3,(H,21,24). The molecule has 1 heterocycles. The van der Waals surface area contributed by atoms with Gasteiger partial charge in [-0.2, -0.15) is 5.10 Å². The van der Waals surface area contributed by atoms with Gasteiger partial charge in [0, 0.05) is 5.69 Å². The number of amides is 1. The number of ether oxygens (including phenoxy) is 1. The maximum Gasteiger partial charge on any atom is 0.260 e. The molecular formula is C19H18ClN3O2. The lowest BCUT2D eigenvalue weighted by Gasteiger charge is -2.07. The highest BCUT2D eigenvalue weighted by molar-refractivity contribution is 6.33. The number of carbonyl (C=O) groups excluding carboxylic acids is 1. The van der Waals surface area contributed by atoms with Crippen LogP contribution < -0.4 is 10.1 Å². The number of halogens is 1. The van der Waals surface area contributed by atoms with Crippen LogP contribution in [0.5, 0.6) is 5.75 Å². The Morgan fingerprint density at radius 2 is 1.84 bits per heavy atom. The molecule has 5 nitrogen and oxygen atoms in total. The molecule has 3 aromatic rings. The molecule has 0 saturated heterocycles. The normalized spacial score (nSPS) is 10.5. The molecule has 0 radical (unpaired) electrons. The van der Waals surface area contributed by atoms with Crippen molar-refractivity contribution < 1.29 is 9.53 Å². The second kappa shape index (κ2) is 7.40. The van der Waals surface area contributed by atoms with Crippen LogP contribution in [0.2, 0.25) is 5.15 Å². The topological polar surface area (TPSA) is 56.1 Å². The van der Waals surface area contributed by atoms with E-state index in [1.54, 1.807) is 43.0 Å². The number of anilines is 1. The summed E-state index contributed by atoms with van der Waals surface area (Å²) in [4.78, 5) is 12.6. The molecule has 128 valence electrons. The zero-order valence-corrected chi connectivity index (χ0v) is 14.7. The number of methoxy groups -OCH3 is 1. The molecule has 0 aliphatic heterocycles. The Morgan fingerprint density at radius 1 is 1.16 bits per heavy atom. The van der Waals surface area contributed by atoms with E-state index in [1.807, 2.05) is 30.3 Å². The van der Waals surface area contributed by atoms with Gasteiger partial charge < -0.3 is 10.1 Å². The Morgan fingerprint density at radius 3 is 2.48 bits per heavy atom. The predicted octanol–water partition coefficient (Wildman–Crippen LogP) is 4.15. The highest BCUT2D eigenvalue weighted by atomic mass is 35.5. The number of aromatic nitrogens is 2. The number of aryl methyl sites for hydroxylation is 1. The number of nitrogens with one attached hydrogen (secondary N) is 1. The van der Waals surface area contributed by atoms with Crippen molar-refractivity contribution >= 4 is 23.2 Å². The number of carbonyl (C=O) groups is 1. The molecular weight excluding hydrogens is 338 g/mol. The van der Waals surface area contributed by atoms with E-state index in [0.717, 1.165) is 11.3 Å². The van der Waals surface area contributed by atoms with Gasteiger partial charge in [0.25, 0.3) is 5.91 Å². The van der Waals surface area contributed by atoms with Crippen molar-refractivity contribution in [2.75, 3.05) is 12.4 Å². The van der Waals surface area contributed by atoms with Gasteiger partial charge in [0.2, 0.25) is 0 Å². The summed E-state index contributed by atoms with van der Waals surface area (Å²) < 4.78 is 6.74. The molecule has 3 rings (SSSR count). The van der Waals surface area contributed by atoms with Crippen LogP contribution in [0.1, 0.15) is 21.6 Å². The summed E-state index contributed by atoms with van der Waals surface area (Å²) in [5.41, 5.74) is 2.70. The van der Waals surface area contributed by atoms with Gasteiger partial charge in [-0.15, -0.1) is 0 Å². The van der Waals surface area contributed by atoms with Crippen molar-refractivity contribution in [1.29, 1.82) is 0 Å². The van der Waals surface area contributed by atoms with Crippen LogP contribution in [0.15, 0.2) is 54.6 Å². The third-order valence-corrected chi connectivity index (χ3v) is 4.20. The number of nitrogens with zero attached hydrogens (tertiary/aromatic N) is 2. The quantitative estimate of drug-likeness (QED) is 0.747. The van der Waals surface area contributed by atoms with Crippen LogP contribution >= 0.6 is 11.6 Å². The molecule has 1 N–H and O–H groups in total. The summed E-state index contributed by atoms with van der Waals surface area (Å²) in [6.07, 6.45) is 0. The van der Waals surface area contributed by atoms with Crippen LogP contribution in [0.4, 0.5) is 5.69 Å². The van der Waals surface area contributed by atoms with E-state index >= 15 is 0 Å². The first-order valence-corrected chi connectivity index (χ1v) is 8.18. The van der Waals surface area contributed by atoms with E-state index < -0.39 is 0 Å². The van der Waals surface area contributed by atoms with Crippen molar-refractivity contribution in [3.05, 3.63) is 76.6 Å². The molecule has 0 bridgehead atoms. The van der Waals surface area contributed by atoms with Gasteiger partial charge in [-0.1, -0.05) is 41.9 Å². The molecule has 0 aliphatic carbocycles. The van der Waals surface area contributed by atoms with Gasteiger partial charge in [0.05, 0.1) is 24.9 Å². The maximum absolute atomic E-state index is 12.6. The Hall–Kier alpha value is -2.79. The van der Waals surface area contributed by atoms with E-state index in [4.69, 9.17) is 16.3 Å². The summed E-state index contributed by atoms with van der Waals surface area (Å²) in [7, 11) is 1.60. The predicted molar refractivity (Wildman–Crippen MR) is 98.5 cm³/mol. The molecule has 0 saturated carbocycles. The SMILES string of the molecule is COc1ccc(NC(=O)c2c(C)nn(Cc3ccccc3)c2Cl)cc1. The molecule has 1 aromatic heterocycles. The van der Waals surface area contributed by atoms with Crippen molar-refractivity contribution in [1.82, 2.24) is 9.78 Å². The molecule has 0 unspecified atom stereocenters. The minimum absolute atomic E-state index is 0.285. The van der Waals surface area contributed by atoms with Crippen molar-refractivity contribution in [3.8, 4) is 5.75 Å². The maximum atomic E-state index is 12.6. The lowest BCUT2D eigenvalue weighted by molar-refractivity contribution is 0.102. The van der Waals surface area contributed by atoms with Crippen LogP contribution in [0, 0.1) is 6.92 Å². The number of hydrogen-bond donors (Lipinski definition) is 1. The Kier molecular flexibility index (Phi) is 5.05. The first kappa shape index (κ1) is 17.0. The summed E-state index contributed by atoms with van der Waals surface area (Å²) in [5, 5.41) is 7.56. The zero-order chi connectivity index (χ0) is 17.8. The molecule has 0 fully saturated rings. The second-order valence-electron chi connectivity index (χ2n) is 5.58. The minimum atomic E-state index is -0.285. The minimum Gasteiger partial charge on any atom is -0.497 e. The van der Waals surface area contributed by atoms with Crippen LogP contribution in [-0.2, 0) is 6.54 Å². The fourth-order valence-electron chi connectivity index (χ4n) is 2.54. The summed E-state index contributed by atoms with van der Waals surface area (Å²) >= 11 is 6.41. The molecule has 25 heavy (non-hydrogen) atoms. The molecule has 1 amide bonds. The molecule has 2 aromatic carbocycles. The van der Waals surface area contributed by atoms with Crippen LogP contribution in [0.3, 0.4) is 0 Å². The highest BCUT2D eigenvalue weighted by Gasteiger charge is 2.20. The Labute approximate surface area is 151 Å². The van der Waals surface area contributed by atoms with Crippen LogP contribution in [0.25, 0.3) is 0 Å². The average Bonchev–Trinajstić information content (AvgIpc) is 2.90. The van der Waals surface area contributed by atoms with E-state index in [2.05, 4.69) is 10.4 Å². The van der Waals surface area contributed by atoms with E-state index in [9.17, 15) is 4.79 Å². The Balaban J connectivity index is 1.80. The van der Waals surface area contributed by atoms with Gasteiger partial charge >= 0.3 is 0 Å². The second-order valence-corrected chi connectivity index (χ2v) is 5.94. The Bertz CT molecular complexity index is 874. The number of hydrogen-bond acceptors (Lipinski definition) is 3. The van der Waals surface area contributed by atoms with Gasteiger partial charge in [0.1, 0.15) is 10.9 Å². The number of rotatable bonds is 5. The molecule has 6 heteroatoms. The zero-order valence-electron chi connectivity index (χ0n) is 14.0. The monoisotopic (exact) mass is 355 g/mol. The fourth-order valence-corrected chi connectivity index (χ4v) is 2.86. The largest absolute Gasteiger partial charge is 0.497 e. The molecule has 0 atom stereocenters. The first-order chi connectivity index (χ1) is 12.1. The van der Waals surface area contributed by atoms with Crippen molar-refractivity contribution in [3.63, 3.8) is 0 Å².